The van der Waals surface area contributed by atoms with Gasteiger partial charge in [-0.15, -0.1) is 0 Å². The van der Waals surface area contributed by atoms with E-state index in [1.54, 1.807) is 6.21 Å². The number of allylic oxidation sites excluding steroid dienone is 3. The number of nitrogens with two attached hydrogens (primary N) is 1. The van der Waals surface area contributed by atoms with Crippen LogP contribution < -0.4 is 5.73 Å². The van der Waals surface area contributed by atoms with Crippen LogP contribution in [0.15, 0.2) is 64.2 Å². The summed E-state index contributed by atoms with van der Waals surface area (Å²) < 4.78 is 0.760. The standard InChI is InChI=1S/C22H29BrN2/c1-5-12-22(14-18-9-7-8-10-19(18)21(22)24)13-11-16(3)20(6-2)25-15-17(4)23/h6-10,15,21H,3-5,11-14,24H2,1-2H3/b20-6-,25-15-/t21-,22?/m1/s1. The fourth-order valence-corrected chi connectivity index (χ4v) is 4.07. The smallest absolute Gasteiger partial charge is 0.0613 e. The molecular weight excluding hydrogens is 372 g/mol. The van der Waals surface area contributed by atoms with Crippen LogP contribution in [0.25, 0.3) is 0 Å². The van der Waals surface area contributed by atoms with Gasteiger partial charge in [0.25, 0.3) is 0 Å². The Balaban J connectivity index is 2.13. The molecule has 3 heteroatoms. The van der Waals surface area contributed by atoms with E-state index in [1.807, 2.05) is 13.0 Å². The molecule has 0 aliphatic heterocycles. The first-order valence-electron chi connectivity index (χ1n) is 9.00. The number of fused-ring (bicyclic) bond motifs is 1. The lowest BCUT2D eigenvalue weighted by molar-refractivity contribution is 0.203. The van der Waals surface area contributed by atoms with Gasteiger partial charge in [-0.05, 0) is 70.7 Å². The Morgan fingerprint density at radius 3 is 2.68 bits per heavy atom. The number of benzene rings is 1. The molecule has 0 bridgehead atoms. The summed E-state index contributed by atoms with van der Waals surface area (Å²) in [5.74, 6) is 0. The first kappa shape index (κ1) is 19.9. The zero-order valence-corrected chi connectivity index (χ0v) is 17.0. The molecule has 1 aliphatic carbocycles. The van der Waals surface area contributed by atoms with Gasteiger partial charge in [-0.25, -0.2) is 0 Å². The van der Waals surface area contributed by atoms with Gasteiger partial charge in [-0.1, -0.05) is 56.8 Å². The number of hydrogen-bond acceptors (Lipinski definition) is 2. The summed E-state index contributed by atoms with van der Waals surface area (Å²) >= 11 is 3.31. The third kappa shape index (κ3) is 4.59. The first-order valence-corrected chi connectivity index (χ1v) is 9.79. The lowest BCUT2D eigenvalue weighted by Crippen LogP contribution is -2.31. The molecule has 0 amide bonds. The van der Waals surface area contributed by atoms with Gasteiger partial charge in [-0.2, -0.15) is 0 Å². The van der Waals surface area contributed by atoms with Gasteiger partial charge in [0.2, 0.25) is 0 Å². The minimum absolute atomic E-state index is 0.108. The van der Waals surface area contributed by atoms with E-state index in [4.69, 9.17) is 5.73 Å². The quantitative estimate of drug-likeness (QED) is 0.406. The summed E-state index contributed by atoms with van der Waals surface area (Å²) in [4.78, 5) is 4.47. The average molecular weight is 401 g/mol. The molecule has 2 nitrogen and oxygen atoms in total. The van der Waals surface area contributed by atoms with Gasteiger partial charge in [0.05, 0.1) is 5.70 Å². The summed E-state index contributed by atoms with van der Waals surface area (Å²) in [6, 6.07) is 8.74. The molecule has 134 valence electrons. The largest absolute Gasteiger partial charge is 0.323 e. The van der Waals surface area contributed by atoms with E-state index in [-0.39, 0.29) is 11.5 Å². The minimum atomic E-state index is 0.108. The van der Waals surface area contributed by atoms with E-state index >= 15 is 0 Å². The Morgan fingerprint density at radius 2 is 2.08 bits per heavy atom. The Bertz CT molecular complexity index is 702. The molecule has 0 fully saturated rings. The van der Waals surface area contributed by atoms with Crippen LogP contribution in [0.5, 0.6) is 0 Å². The van der Waals surface area contributed by atoms with E-state index in [0.717, 1.165) is 47.9 Å². The number of aliphatic imine (C=N–C) groups is 1. The van der Waals surface area contributed by atoms with Crippen molar-refractivity contribution < 1.29 is 0 Å². The molecule has 2 atom stereocenters. The van der Waals surface area contributed by atoms with Crippen LogP contribution in [0.3, 0.4) is 0 Å². The second kappa shape index (κ2) is 8.77. The van der Waals surface area contributed by atoms with Crippen molar-refractivity contribution in [3.05, 3.63) is 70.4 Å². The van der Waals surface area contributed by atoms with E-state index in [9.17, 15) is 0 Å². The molecule has 0 saturated carbocycles. The third-order valence-corrected chi connectivity index (χ3v) is 5.45. The van der Waals surface area contributed by atoms with Crippen molar-refractivity contribution in [3.63, 3.8) is 0 Å². The number of rotatable bonds is 8. The van der Waals surface area contributed by atoms with Crippen molar-refractivity contribution in [1.29, 1.82) is 0 Å². The van der Waals surface area contributed by atoms with E-state index in [2.05, 4.69) is 65.3 Å². The highest BCUT2D eigenvalue weighted by atomic mass is 79.9. The van der Waals surface area contributed by atoms with Crippen molar-refractivity contribution in [2.45, 2.75) is 52.0 Å². The average Bonchev–Trinajstić information content (AvgIpc) is 2.86. The fourth-order valence-electron chi connectivity index (χ4n) is 3.97. The molecule has 2 rings (SSSR count). The van der Waals surface area contributed by atoms with Gasteiger partial charge >= 0.3 is 0 Å². The zero-order valence-electron chi connectivity index (χ0n) is 15.4. The Kier molecular flexibility index (Phi) is 6.97. The highest BCUT2D eigenvalue weighted by molar-refractivity contribution is 9.12. The number of halogens is 1. The van der Waals surface area contributed by atoms with Crippen LogP contribution in [0.4, 0.5) is 0 Å². The maximum Gasteiger partial charge on any atom is 0.0613 e. The van der Waals surface area contributed by atoms with Crippen molar-refractivity contribution in [2.75, 3.05) is 0 Å². The van der Waals surface area contributed by atoms with Gasteiger partial charge in [0.1, 0.15) is 0 Å². The second-order valence-electron chi connectivity index (χ2n) is 6.95. The van der Waals surface area contributed by atoms with Gasteiger partial charge in [-0.3, -0.25) is 4.99 Å². The zero-order chi connectivity index (χ0) is 18.4. The molecule has 1 aliphatic rings. The van der Waals surface area contributed by atoms with Crippen molar-refractivity contribution in [3.8, 4) is 0 Å². The maximum absolute atomic E-state index is 6.71. The lowest BCUT2D eigenvalue weighted by Gasteiger charge is -2.34. The predicted octanol–water partition coefficient (Wildman–Crippen LogP) is 6.25. The molecule has 0 heterocycles. The van der Waals surface area contributed by atoms with Gasteiger partial charge in [0, 0.05) is 16.7 Å². The topological polar surface area (TPSA) is 38.4 Å². The number of nitrogens with zero attached hydrogens (tertiary/aromatic N) is 1. The Labute approximate surface area is 160 Å². The molecular formula is C22H29BrN2. The van der Waals surface area contributed by atoms with E-state index < -0.39 is 0 Å². The molecule has 0 aromatic heterocycles. The van der Waals surface area contributed by atoms with Crippen LogP contribution in [-0.4, -0.2) is 6.21 Å². The van der Waals surface area contributed by atoms with Crippen LogP contribution in [0.2, 0.25) is 0 Å². The van der Waals surface area contributed by atoms with Crippen LogP contribution in [0.1, 0.15) is 56.7 Å². The summed E-state index contributed by atoms with van der Waals surface area (Å²) in [5, 5.41) is 0. The molecule has 1 unspecified atom stereocenters. The minimum Gasteiger partial charge on any atom is -0.323 e. The Hall–Kier alpha value is -1.45. The highest BCUT2D eigenvalue weighted by Gasteiger charge is 2.42. The summed E-state index contributed by atoms with van der Waals surface area (Å²) in [5.41, 5.74) is 11.6. The summed E-state index contributed by atoms with van der Waals surface area (Å²) in [6.45, 7) is 12.3. The summed E-state index contributed by atoms with van der Waals surface area (Å²) in [6.07, 6.45) is 9.03. The van der Waals surface area contributed by atoms with Crippen molar-refractivity contribution >= 4 is 22.1 Å². The maximum atomic E-state index is 6.71. The fraction of sp³-hybridized carbons (Fsp3) is 0.409. The van der Waals surface area contributed by atoms with Gasteiger partial charge < -0.3 is 5.73 Å². The second-order valence-corrected chi connectivity index (χ2v) is 7.97. The third-order valence-electron chi connectivity index (χ3n) is 5.24. The lowest BCUT2D eigenvalue weighted by atomic mass is 9.73. The molecule has 2 N–H and O–H groups in total. The molecule has 0 spiro atoms. The molecule has 25 heavy (non-hydrogen) atoms. The van der Waals surface area contributed by atoms with E-state index in [1.165, 1.54) is 11.1 Å². The van der Waals surface area contributed by atoms with Crippen LogP contribution >= 0.6 is 15.9 Å². The monoisotopic (exact) mass is 400 g/mol. The van der Waals surface area contributed by atoms with Crippen molar-refractivity contribution in [2.24, 2.45) is 16.1 Å². The molecule has 1 aromatic carbocycles. The van der Waals surface area contributed by atoms with Crippen molar-refractivity contribution in [1.82, 2.24) is 0 Å². The normalized spacial score (nSPS) is 23.0. The van der Waals surface area contributed by atoms with Crippen LogP contribution in [0, 0.1) is 5.41 Å². The molecule has 0 saturated heterocycles. The SMILES string of the molecule is C=C(Br)/C=N\C(=C/C)C(=C)CCC1(CCC)Cc2ccccc2[C@H]1N. The first-order chi connectivity index (χ1) is 11.9. The highest BCUT2D eigenvalue weighted by Crippen LogP contribution is 2.50. The van der Waals surface area contributed by atoms with E-state index in [0.29, 0.717) is 0 Å². The van der Waals surface area contributed by atoms with Crippen LogP contribution in [-0.2, 0) is 6.42 Å². The number of hydrogen-bond donors (Lipinski definition) is 1. The molecule has 1 aromatic rings. The summed E-state index contributed by atoms with van der Waals surface area (Å²) in [7, 11) is 0. The Morgan fingerprint density at radius 1 is 1.36 bits per heavy atom. The molecule has 0 radical (unpaired) electrons. The van der Waals surface area contributed by atoms with Gasteiger partial charge in [0.15, 0.2) is 0 Å². The predicted molar refractivity (Wildman–Crippen MR) is 113 cm³/mol.